The lowest BCUT2D eigenvalue weighted by Gasteiger charge is -2.33. The molecule has 0 spiro atoms. The summed E-state index contributed by atoms with van der Waals surface area (Å²) in [5.41, 5.74) is 0.259. The molecule has 1 saturated heterocycles. The van der Waals surface area contributed by atoms with Crippen molar-refractivity contribution in [3.63, 3.8) is 0 Å². The number of piperazine rings is 1. The normalized spacial score (nSPS) is 16.3. The average Bonchev–Trinajstić information content (AvgIpc) is 2.74. The lowest BCUT2D eigenvalue weighted by molar-refractivity contribution is 0.0526. The summed E-state index contributed by atoms with van der Waals surface area (Å²) in [6.45, 7) is 2.02. The second-order valence-corrected chi connectivity index (χ2v) is 10.8. The highest BCUT2D eigenvalue weighted by Gasteiger charge is 2.33. The molecular weight excluding hydrogens is 452 g/mol. The predicted octanol–water partition coefficient (Wildman–Crippen LogP) is 2.21. The van der Waals surface area contributed by atoms with Gasteiger partial charge >= 0.3 is 5.97 Å². The van der Waals surface area contributed by atoms with Crippen LogP contribution in [-0.2, 0) is 24.8 Å². The molecule has 0 atom stereocenters. The Hall–Kier alpha value is -1.98. The van der Waals surface area contributed by atoms with Gasteiger partial charge in [0.1, 0.15) is 0 Å². The fourth-order valence-corrected chi connectivity index (χ4v) is 6.00. The minimum Gasteiger partial charge on any atom is -0.462 e. The van der Waals surface area contributed by atoms with Gasteiger partial charge in [-0.25, -0.2) is 21.6 Å². The van der Waals surface area contributed by atoms with Crippen molar-refractivity contribution in [1.29, 1.82) is 0 Å². The van der Waals surface area contributed by atoms with Crippen LogP contribution in [0.25, 0.3) is 0 Å². The molecule has 0 aromatic heterocycles. The van der Waals surface area contributed by atoms with Gasteiger partial charge in [-0.2, -0.15) is 8.61 Å². The standard InChI is InChI=1S/C19H21ClN2O6S2/c1-2-28-19(23)15-3-7-17(8-4-15)29(24,25)21-11-13-22(14-12-21)30(26,27)18-9-5-16(20)6-10-18/h3-10H,2,11-14H2,1H3. The highest BCUT2D eigenvalue weighted by Crippen LogP contribution is 2.23. The van der Waals surface area contributed by atoms with Crippen molar-refractivity contribution in [2.45, 2.75) is 16.7 Å². The van der Waals surface area contributed by atoms with Gasteiger partial charge in [-0.3, -0.25) is 0 Å². The van der Waals surface area contributed by atoms with Crippen LogP contribution in [0.1, 0.15) is 17.3 Å². The molecule has 1 fully saturated rings. The third kappa shape index (κ3) is 4.68. The van der Waals surface area contributed by atoms with Crippen LogP contribution in [0.15, 0.2) is 58.3 Å². The third-order valence-electron chi connectivity index (χ3n) is 4.65. The Morgan fingerprint density at radius 1 is 0.833 bits per heavy atom. The van der Waals surface area contributed by atoms with Gasteiger partial charge in [-0.15, -0.1) is 0 Å². The lowest BCUT2D eigenvalue weighted by Crippen LogP contribution is -2.50. The Balaban J connectivity index is 1.70. The lowest BCUT2D eigenvalue weighted by atomic mass is 10.2. The topological polar surface area (TPSA) is 101 Å². The maximum Gasteiger partial charge on any atom is 0.338 e. The van der Waals surface area contributed by atoms with Crippen LogP contribution < -0.4 is 0 Å². The van der Waals surface area contributed by atoms with Crippen LogP contribution in [0.3, 0.4) is 0 Å². The highest BCUT2D eigenvalue weighted by atomic mass is 35.5. The SMILES string of the molecule is CCOC(=O)c1ccc(S(=O)(=O)N2CCN(S(=O)(=O)c3ccc(Cl)cc3)CC2)cc1. The number of benzene rings is 2. The number of hydrogen-bond acceptors (Lipinski definition) is 6. The van der Waals surface area contributed by atoms with Gasteiger partial charge < -0.3 is 4.74 Å². The Bertz CT molecular complexity index is 1110. The van der Waals surface area contributed by atoms with Crippen molar-refractivity contribution in [1.82, 2.24) is 8.61 Å². The van der Waals surface area contributed by atoms with Gasteiger partial charge in [0.15, 0.2) is 0 Å². The molecule has 0 saturated carbocycles. The fraction of sp³-hybridized carbons (Fsp3) is 0.316. The van der Waals surface area contributed by atoms with E-state index in [4.69, 9.17) is 16.3 Å². The summed E-state index contributed by atoms with van der Waals surface area (Å²) in [6, 6.07) is 11.3. The summed E-state index contributed by atoms with van der Waals surface area (Å²) in [6.07, 6.45) is 0. The number of ether oxygens (including phenoxy) is 1. The summed E-state index contributed by atoms with van der Waals surface area (Å²) in [7, 11) is -7.54. The molecule has 0 radical (unpaired) electrons. The van der Waals surface area contributed by atoms with Gasteiger partial charge in [0.2, 0.25) is 20.0 Å². The van der Waals surface area contributed by atoms with Gasteiger partial charge in [0, 0.05) is 31.2 Å². The van der Waals surface area contributed by atoms with Crippen molar-refractivity contribution in [2.24, 2.45) is 0 Å². The minimum absolute atomic E-state index is 0.0226. The fourth-order valence-electron chi connectivity index (χ4n) is 3.03. The molecule has 0 N–H and O–H groups in total. The molecule has 0 amide bonds. The van der Waals surface area contributed by atoms with E-state index in [1.54, 1.807) is 6.92 Å². The van der Waals surface area contributed by atoms with Crippen molar-refractivity contribution < 1.29 is 26.4 Å². The van der Waals surface area contributed by atoms with Gasteiger partial charge in [-0.1, -0.05) is 11.6 Å². The molecule has 11 heteroatoms. The van der Waals surface area contributed by atoms with E-state index >= 15 is 0 Å². The molecule has 162 valence electrons. The second kappa shape index (κ2) is 9.03. The van der Waals surface area contributed by atoms with Crippen molar-refractivity contribution in [3.05, 3.63) is 59.1 Å². The van der Waals surface area contributed by atoms with Crippen molar-refractivity contribution >= 4 is 37.6 Å². The van der Waals surface area contributed by atoms with E-state index in [0.29, 0.717) is 5.02 Å². The number of esters is 1. The van der Waals surface area contributed by atoms with Crippen LogP contribution in [0, 0.1) is 0 Å². The molecule has 3 rings (SSSR count). The zero-order valence-electron chi connectivity index (χ0n) is 16.2. The molecule has 8 nitrogen and oxygen atoms in total. The molecule has 0 unspecified atom stereocenters. The molecular formula is C19H21ClN2O6S2. The monoisotopic (exact) mass is 472 g/mol. The highest BCUT2D eigenvalue weighted by molar-refractivity contribution is 7.89. The van der Waals surface area contributed by atoms with Crippen molar-refractivity contribution in [3.8, 4) is 0 Å². The van der Waals surface area contributed by atoms with E-state index in [1.165, 1.54) is 57.1 Å². The van der Waals surface area contributed by atoms with E-state index < -0.39 is 26.0 Å². The molecule has 2 aromatic carbocycles. The number of hydrogen-bond donors (Lipinski definition) is 0. The maximum atomic E-state index is 12.9. The van der Waals surface area contributed by atoms with E-state index in [2.05, 4.69) is 0 Å². The Kier molecular flexibility index (Phi) is 6.83. The number of sulfonamides is 2. The number of carbonyl (C=O) groups is 1. The number of nitrogens with zero attached hydrogens (tertiary/aromatic N) is 2. The minimum atomic E-state index is -3.81. The largest absolute Gasteiger partial charge is 0.462 e. The molecule has 0 aliphatic carbocycles. The van der Waals surface area contributed by atoms with Crippen molar-refractivity contribution in [2.75, 3.05) is 32.8 Å². The predicted molar refractivity (Wildman–Crippen MR) is 111 cm³/mol. The Morgan fingerprint density at radius 2 is 1.23 bits per heavy atom. The number of carbonyl (C=O) groups excluding carboxylic acids is 1. The smallest absolute Gasteiger partial charge is 0.338 e. The first-order valence-electron chi connectivity index (χ1n) is 9.19. The molecule has 2 aromatic rings. The van der Waals surface area contributed by atoms with Gasteiger partial charge in [-0.05, 0) is 55.5 Å². The summed E-state index contributed by atoms with van der Waals surface area (Å²) in [4.78, 5) is 11.9. The first-order valence-corrected chi connectivity index (χ1v) is 12.4. The first kappa shape index (κ1) is 22.7. The summed E-state index contributed by atoms with van der Waals surface area (Å²) in [5, 5.41) is 0.429. The summed E-state index contributed by atoms with van der Waals surface area (Å²) >= 11 is 5.81. The third-order valence-corrected chi connectivity index (χ3v) is 8.73. The molecule has 1 heterocycles. The van der Waals surface area contributed by atoms with Gasteiger partial charge in [0.25, 0.3) is 0 Å². The van der Waals surface area contributed by atoms with Gasteiger partial charge in [0.05, 0.1) is 22.0 Å². The van der Waals surface area contributed by atoms with Crippen LogP contribution in [0.4, 0.5) is 0 Å². The zero-order valence-corrected chi connectivity index (χ0v) is 18.6. The van der Waals surface area contributed by atoms with E-state index in [-0.39, 0.29) is 48.1 Å². The van der Waals surface area contributed by atoms with E-state index in [1.807, 2.05) is 0 Å². The molecule has 1 aliphatic rings. The van der Waals surface area contributed by atoms with Crippen LogP contribution >= 0.6 is 11.6 Å². The zero-order chi connectivity index (χ0) is 21.9. The first-order chi connectivity index (χ1) is 14.2. The number of halogens is 1. The van der Waals surface area contributed by atoms with Crippen LogP contribution in [-0.4, -0.2) is 64.2 Å². The van der Waals surface area contributed by atoms with E-state index in [9.17, 15) is 21.6 Å². The Labute approximate surface area is 181 Å². The molecule has 30 heavy (non-hydrogen) atoms. The summed E-state index contributed by atoms with van der Waals surface area (Å²) in [5.74, 6) is -0.525. The summed E-state index contributed by atoms with van der Waals surface area (Å²) < 4.78 is 58.7. The van der Waals surface area contributed by atoms with Crippen LogP contribution in [0.2, 0.25) is 5.02 Å². The second-order valence-electron chi connectivity index (χ2n) is 6.51. The maximum absolute atomic E-state index is 12.9. The Morgan fingerprint density at radius 3 is 1.63 bits per heavy atom. The molecule has 1 aliphatic heterocycles. The average molecular weight is 473 g/mol. The quantitative estimate of drug-likeness (QED) is 0.597. The van der Waals surface area contributed by atoms with E-state index in [0.717, 1.165) is 0 Å². The van der Waals surface area contributed by atoms with Crippen LogP contribution in [0.5, 0.6) is 0 Å². The number of rotatable bonds is 6. The molecule has 0 bridgehead atoms.